The largest absolute Gasteiger partial charge is 0.364 e. The number of nitrogens with one attached hydrogen (secondary N) is 2. The number of anilines is 1. The fraction of sp³-hybridized carbons (Fsp3) is 0.0952. The molecule has 5 aromatic rings. The first-order valence-electron chi connectivity index (χ1n) is 9.23. The van der Waals surface area contributed by atoms with Crippen molar-refractivity contribution in [3.05, 3.63) is 89.0 Å². The number of pyridine rings is 1. The van der Waals surface area contributed by atoms with Gasteiger partial charge in [-0.2, -0.15) is 10.2 Å². The first-order valence-corrected chi connectivity index (χ1v) is 10.0. The van der Waals surface area contributed by atoms with Crippen LogP contribution >= 0.6 is 15.9 Å². The molecule has 0 amide bonds. The number of fused-ring (bicyclic) bond motifs is 1. The van der Waals surface area contributed by atoms with Gasteiger partial charge in [-0.05, 0) is 29.8 Å². The number of imidazole rings is 1. The third-order valence-electron chi connectivity index (χ3n) is 4.69. The highest BCUT2D eigenvalue weighted by Gasteiger charge is 2.09. The molecule has 0 fully saturated rings. The average Bonchev–Trinajstić information content (AvgIpc) is 3.46. The Bertz CT molecular complexity index is 1220. The zero-order valence-electron chi connectivity index (χ0n) is 15.5. The molecule has 0 aliphatic heterocycles. The van der Waals surface area contributed by atoms with Crippen LogP contribution in [0.1, 0.15) is 11.3 Å². The van der Waals surface area contributed by atoms with Gasteiger partial charge in [0.2, 0.25) is 0 Å². The standard InChI is InChI=1S/C21H18BrN7/c22-17-6-4-15(5-7-17)21-16(12-24-26-21)11-23-19-8-10-29(27-19)14-18-13-28-9-2-1-3-20(28)25-18/h1-10,12-13H,11,14H2,(H,23,27)(H,24,26). The number of H-pyrrole nitrogens is 1. The molecule has 0 saturated heterocycles. The molecule has 4 heterocycles. The number of aromatic amines is 1. The summed E-state index contributed by atoms with van der Waals surface area (Å²) in [6, 6.07) is 16.1. The monoisotopic (exact) mass is 447 g/mol. The predicted octanol–water partition coefficient (Wildman–Crippen LogP) is 4.34. The van der Waals surface area contributed by atoms with E-state index in [9.17, 15) is 0 Å². The smallest absolute Gasteiger partial charge is 0.148 e. The Morgan fingerprint density at radius 3 is 2.79 bits per heavy atom. The zero-order valence-corrected chi connectivity index (χ0v) is 17.0. The summed E-state index contributed by atoms with van der Waals surface area (Å²) in [5, 5.41) is 15.3. The molecular formula is C21H18BrN7. The van der Waals surface area contributed by atoms with Crippen molar-refractivity contribution in [3.63, 3.8) is 0 Å². The van der Waals surface area contributed by atoms with E-state index < -0.39 is 0 Å². The second kappa shape index (κ2) is 7.56. The van der Waals surface area contributed by atoms with Gasteiger partial charge in [0.25, 0.3) is 0 Å². The maximum absolute atomic E-state index is 4.62. The van der Waals surface area contributed by atoms with Gasteiger partial charge >= 0.3 is 0 Å². The van der Waals surface area contributed by atoms with E-state index in [0.717, 1.165) is 38.5 Å². The maximum atomic E-state index is 4.62. The van der Waals surface area contributed by atoms with Crippen LogP contribution in [-0.2, 0) is 13.1 Å². The summed E-state index contributed by atoms with van der Waals surface area (Å²) in [6.45, 7) is 1.26. The van der Waals surface area contributed by atoms with Crippen LogP contribution in [0.2, 0.25) is 0 Å². The Morgan fingerprint density at radius 1 is 1.03 bits per heavy atom. The molecule has 0 spiro atoms. The van der Waals surface area contributed by atoms with Gasteiger partial charge in [-0.1, -0.05) is 34.1 Å². The van der Waals surface area contributed by atoms with Gasteiger partial charge in [-0.15, -0.1) is 0 Å². The van der Waals surface area contributed by atoms with Crippen LogP contribution in [0.5, 0.6) is 0 Å². The van der Waals surface area contributed by atoms with Crippen molar-refractivity contribution in [2.45, 2.75) is 13.1 Å². The summed E-state index contributed by atoms with van der Waals surface area (Å²) in [5.41, 5.74) is 5.10. The van der Waals surface area contributed by atoms with Gasteiger partial charge in [0.1, 0.15) is 11.5 Å². The molecule has 7 nitrogen and oxygen atoms in total. The molecule has 0 aliphatic carbocycles. The summed E-state index contributed by atoms with van der Waals surface area (Å²) in [5.74, 6) is 0.816. The molecule has 4 aromatic heterocycles. The Balaban J connectivity index is 1.26. The second-order valence-electron chi connectivity index (χ2n) is 6.73. The average molecular weight is 448 g/mol. The van der Waals surface area contributed by atoms with Crippen LogP contribution in [0.4, 0.5) is 5.82 Å². The normalized spacial score (nSPS) is 11.2. The van der Waals surface area contributed by atoms with Crippen molar-refractivity contribution in [3.8, 4) is 11.3 Å². The lowest BCUT2D eigenvalue weighted by Gasteiger charge is -2.05. The summed E-state index contributed by atoms with van der Waals surface area (Å²) in [7, 11) is 0. The topological polar surface area (TPSA) is 75.8 Å². The van der Waals surface area contributed by atoms with Gasteiger partial charge < -0.3 is 9.72 Å². The Labute approximate surface area is 175 Å². The van der Waals surface area contributed by atoms with E-state index in [2.05, 4.69) is 53.7 Å². The zero-order chi connectivity index (χ0) is 19.6. The van der Waals surface area contributed by atoms with Crippen LogP contribution in [-0.4, -0.2) is 29.4 Å². The van der Waals surface area contributed by atoms with E-state index in [-0.39, 0.29) is 0 Å². The Morgan fingerprint density at radius 2 is 1.93 bits per heavy atom. The minimum absolute atomic E-state index is 0.624. The summed E-state index contributed by atoms with van der Waals surface area (Å²) < 4.78 is 4.95. The van der Waals surface area contributed by atoms with Gasteiger partial charge in [0, 0.05) is 41.2 Å². The minimum atomic E-state index is 0.624. The van der Waals surface area contributed by atoms with Gasteiger partial charge in [-0.25, -0.2) is 4.98 Å². The molecule has 0 atom stereocenters. The Hall–Kier alpha value is -3.39. The predicted molar refractivity (Wildman–Crippen MR) is 116 cm³/mol. The Kier molecular flexibility index (Phi) is 4.61. The SMILES string of the molecule is Brc1ccc(-c2[nH]ncc2CNc2ccn(Cc3cn4ccccc4n3)n2)cc1. The van der Waals surface area contributed by atoms with Crippen molar-refractivity contribution in [2.75, 3.05) is 5.32 Å². The molecule has 5 rings (SSSR count). The first kappa shape index (κ1) is 17.7. The van der Waals surface area contributed by atoms with E-state index in [1.165, 1.54) is 0 Å². The van der Waals surface area contributed by atoms with Gasteiger partial charge in [-0.3, -0.25) is 9.78 Å². The lowest BCUT2D eigenvalue weighted by atomic mass is 10.1. The van der Waals surface area contributed by atoms with Crippen LogP contribution in [0.3, 0.4) is 0 Å². The summed E-state index contributed by atoms with van der Waals surface area (Å²) >= 11 is 3.47. The van der Waals surface area contributed by atoms with Crippen molar-refractivity contribution in [2.24, 2.45) is 0 Å². The van der Waals surface area contributed by atoms with Crippen molar-refractivity contribution in [1.29, 1.82) is 0 Å². The fourth-order valence-corrected chi connectivity index (χ4v) is 3.54. The molecule has 144 valence electrons. The lowest BCUT2D eigenvalue weighted by Crippen LogP contribution is -2.04. The highest BCUT2D eigenvalue weighted by Crippen LogP contribution is 2.23. The molecule has 2 N–H and O–H groups in total. The van der Waals surface area contributed by atoms with E-state index in [4.69, 9.17) is 0 Å². The molecule has 8 heteroatoms. The molecule has 0 saturated carbocycles. The second-order valence-corrected chi connectivity index (χ2v) is 7.64. The quantitative estimate of drug-likeness (QED) is 0.405. The number of nitrogens with zero attached hydrogens (tertiary/aromatic N) is 5. The number of benzene rings is 1. The van der Waals surface area contributed by atoms with Crippen LogP contribution in [0, 0.1) is 0 Å². The van der Waals surface area contributed by atoms with E-state index in [1.54, 1.807) is 0 Å². The first-order chi connectivity index (χ1) is 14.2. The minimum Gasteiger partial charge on any atom is -0.364 e. The van der Waals surface area contributed by atoms with E-state index in [0.29, 0.717) is 13.1 Å². The van der Waals surface area contributed by atoms with Crippen molar-refractivity contribution >= 4 is 27.4 Å². The summed E-state index contributed by atoms with van der Waals surface area (Å²) in [4.78, 5) is 4.62. The number of aromatic nitrogens is 6. The molecule has 1 aromatic carbocycles. The van der Waals surface area contributed by atoms with Crippen molar-refractivity contribution < 1.29 is 0 Å². The third kappa shape index (κ3) is 3.79. The van der Waals surface area contributed by atoms with Gasteiger partial charge in [0.15, 0.2) is 0 Å². The third-order valence-corrected chi connectivity index (χ3v) is 5.22. The van der Waals surface area contributed by atoms with Crippen LogP contribution in [0.15, 0.2) is 77.8 Å². The molecule has 0 unspecified atom stereocenters. The highest BCUT2D eigenvalue weighted by molar-refractivity contribution is 9.10. The number of hydrogen-bond acceptors (Lipinski definition) is 4. The number of hydrogen-bond donors (Lipinski definition) is 2. The molecule has 0 aliphatic rings. The van der Waals surface area contributed by atoms with E-state index in [1.807, 2.05) is 70.3 Å². The fourth-order valence-electron chi connectivity index (χ4n) is 3.27. The van der Waals surface area contributed by atoms with E-state index >= 15 is 0 Å². The maximum Gasteiger partial charge on any atom is 0.148 e. The molecule has 0 radical (unpaired) electrons. The van der Waals surface area contributed by atoms with Gasteiger partial charge in [0.05, 0.1) is 24.1 Å². The number of halogens is 1. The lowest BCUT2D eigenvalue weighted by molar-refractivity contribution is 0.677. The molecular weight excluding hydrogens is 430 g/mol. The summed E-state index contributed by atoms with van der Waals surface area (Å²) in [6.07, 6.45) is 7.82. The van der Waals surface area contributed by atoms with Crippen LogP contribution < -0.4 is 5.32 Å². The highest BCUT2D eigenvalue weighted by atomic mass is 79.9. The van der Waals surface area contributed by atoms with Crippen LogP contribution in [0.25, 0.3) is 16.9 Å². The molecule has 29 heavy (non-hydrogen) atoms. The number of rotatable bonds is 6. The molecule has 0 bridgehead atoms. The van der Waals surface area contributed by atoms with Crippen molar-refractivity contribution in [1.82, 2.24) is 29.4 Å².